The summed E-state index contributed by atoms with van der Waals surface area (Å²) in [5.74, 6) is -1.77. The van der Waals surface area contributed by atoms with Crippen LogP contribution in [0.25, 0.3) is 5.57 Å². The van der Waals surface area contributed by atoms with Gasteiger partial charge in [-0.15, -0.1) is 0 Å². The number of ketones is 1. The first-order valence-corrected chi connectivity index (χ1v) is 9.83. The van der Waals surface area contributed by atoms with Crippen molar-refractivity contribution < 1.29 is 19.5 Å². The molecule has 0 saturated heterocycles. The Bertz CT molecular complexity index is 930. The first-order valence-electron chi connectivity index (χ1n) is 9.08. The molecule has 1 heterocycles. The third-order valence-electron chi connectivity index (χ3n) is 6.03. The molecule has 5 nitrogen and oxygen atoms in total. The fourth-order valence-electron chi connectivity index (χ4n) is 4.76. The summed E-state index contributed by atoms with van der Waals surface area (Å²) in [5, 5.41) is 12.1. The van der Waals surface area contributed by atoms with Crippen molar-refractivity contribution in [1.29, 1.82) is 0 Å². The van der Waals surface area contributed by atoms with Crippen LogP contribution in [-0.4, -0.2) is 22.7 Å². The second-order valence-electron chi connectivity index (χ2n) is 8.01. The number of aliphatic hydroxyl groups is 1. The predicted octanol–water partition coefficient (Wildman–Crippen LogP) is 4.24. The van der Waals surface area contributed by atoms with Crippen molar-refractivity contribution in [3.8, 4) is 0 Å². The van der Waals surface area contributed by atoms with E-state index in [2.05, 4.69) is 0 Å². The minimum atomic E-state index is -0.871. The summed E-state index contributed by atoms with van der Waals surface area (Å²) < 4.78 is 0. The molecule has 1 atom stereocenters. The molecule has 3 aliphatic rings. The molecule has 7 heteroatoms. The van der Waals surface area contributed by atoms with Gasteiger partial charge in [-0.3, -0.25) is 19.7 Å². The van der Waals surface area contributed by atoms with Crippen molar-refractivity contribution in [2.45, 2.75) is 45.4 Å². The number of amides is 2. The van der Waals surface area contributed by atoms with Crippen LogP contribution in [-0.2, 0) is 16.0 Å². The average molecular weight is 408 g/mol. The fourth-order valence-corrected chi connectivity index (χ4v) is 5.31. The van der Waals surface area contributed by atoms with Crippen molar-refractivity contribution in [1.82, 2.24) is 5.32 Å². The monoisotopic (exact) mass is 407 g/mol. The molecule has 0 radical (unpaired) electrons. The van der Waals surface area contributed by atoms with Crippen LogP contribution in [0.4, 0.5) is 0 Å². The number of Topliss-reactive ketones (excluding diaryl/α,β-unsaturated/α-hetero) is 1. The quantitative estimate of drug-likeness (QED) is 0.733. The number of fused-ring (bicyclic) bond motifs is 1. The summed E-state index contributed by atoms with van der Waals surface area (Å²) in [6.45, 7) is 1.96. The molecule has 1 fully saturated rings. The van der Waals surface area contributed by atoms with Gasteiger partial charge in [0.1, 0.15) is 0 Å². The van der Waals surface area contributed by atoms with E-state index in [-0.39, 0.29) is 27.0 Å². The van der Waals surface area contributed by atoms with Gasteiger partial charge in [0, 0.05) is 16.5 Å². The summed E-state index contributed by atoms with van der Waals surface area (Å²) in [4.78, 5) is 36.8. The molecule has 2 amide bonds. The van der Waals surface area contributed by atoms with Gasteiger partial charge < -0.3 is 5.11 Å². The zero-order chi connectivity index (χ0) is 19.5. The molecular formula is C20H19Cl2NO4. The Morgan fingerprint density at radius 1 is 1.15 bits per heavy atom. The second-order valence-corrected chi connectivity index (χ2v) is 8.77. The maximum atomic E-state index is 13.2. The van der Waals surface area contributed by atoms with Crippen LogP contribution < -0.4 is 5.32 Å². The summed E-state index contributed by atoms with van der Waals surface area (Å²) in [6.07, 6.45) is 6.00. The number of aliphatic hydroxyl groups excluding tert-OH is 1. The molecule has 4 rings (SSSR count). The van der Waals surface area contributed by atoms with E-state index in [1.54, 1.807) is 6.07 Å². The van der Waals surface area contributed by atoms with Gasteiger partial charge in [0.15, 0.2) is 11.5 Å². The number of halogens is 2. The largest absolute Gasteiger partial charge is 0.502 e. The lowest BCUT2D eigenvalue weighted by Crippen LogP contribution is -2.26. The molecule has 27 heavy (non-hydrogen) atoms. The molecular weight excluding hydrogens is 389 g/mol. The molecule has 2 N–H and O–H groups in total. The maximum Gasteiger partial charge on any atom is 0.293 e. The zero-order valence-electron chi connectivity index (χ0n) is 14.8. The lowest BCUT2D eigenvalue weighted by molar-refractivity contribution is -0.124. The van der Waals surface area contributed by atoms with Crippen molar-refractivity contribution >= 4 is 46.4 Å². The lowest BCUT2D eigenvalue weighted by atomic mass is 9.77. The van der Waals surface area contributed by atoms with Crippen molar-refractivity contribution in [3.05, 3.63) is 38.6 Å². The number of nitrogens with one attached hydrogen (secondary N) is 1. The van der Waals surface area contributed by atoms with Crippen molar-refractivity contribution in [2.75, 3.05) is 0 Å². The maximum absolute atomic E-state index is 13.2. The molecule has 1 aliphatic heterocycles. The third kappa shape index (κ3) is 2.79. The number of hydrogen-bond donors (Lipinski definition) is 2. The number of imide groups is 1. The van der Waals surface area contributed by atoms with Crippen molar-refractivity contribution in [2.24, 2.45) is 11.3 Å². The smallest absolute Gasteiger partial charge is 0.293 e. The average Bonchev–Trinajstić information content (AvgIpc) is 3.25. The van der Waals surface area contributed by atoms with Crippen LogP contribution in [0.3, 0.4) is 0 Å². The van der Waals surface area contributed by atoms with Gasteiger partial charge in [-0.2, -0.15) is 0 Å². The van der Waals surface area contributed by atoms with Crippen LogP contribution in [0.1, 0.15) is 60.5 Å². The standard InChI is InChI=1S/C20H19Cl2NO4/c1-20(7-9-4-2-3-5-9)8-10-6-11(13-16(24)19(27)23-18(13)26)14(21)15(22)12(10)17(20)25/h6,9H,2-5,7-8H2,1H3,(H2,23,24,26,27). The molecule has 1 aromatic carbocycles. The highest BCUT2D eigenvalue weighted by molar-refractivity contribution is 6.47. The van der Waals surface area contributed by atoms with E-state index >= 15 is 0 Å². The Kier molecular flexibility index (Phi) is 4.35. The predicted molar refractivity (Wildman–Crippen MR) is 102 cm³/mol. The van der Waals surface area contributed by atoms with E-state index < -0.39 is 23.0 Å². The first-order chi connectivity index (χ1) is 12.7. The molecule has 0 spiro atoms. The molecule has 1 unspecified atom stereocenters. The van der Waals surface area contributed by atoms with E-state index in [4.69, 9.17) is 23.2 Å². The summed E-state index contributed by atoms with van der Waals surface area (Å²) in [7, 11) is 0. The lowest BCUT2D eigenvalue weighted by Gasteiger charge is -2.25. The van der Waals surface area contributed by atoms with Crippen LogP contribution >= 0.6 is 23.2 Å². The number of carbonyl (C=O) groups is 3. The third-order valence-corrected chi connectivity index (χ3v) is 6.90. The number of carbonyl (C=O) groups excluding carboxylic acids is 3. The normalized spacial score (nSPS) is 25.5. The first kappa shape index (κ1) is 18.5. The minimum absolute atomic E-state index is 0.000262. The van der Waals surface area contributed by atoms with Crippen LogP contribution in [0.15, 0.2) is 11.8 Å². The molecule has 0 bridgehead atoms. The van der Waals surface area contributed by atoms with E-state index in [1.165, 1.54) is 12.8 Å². The van der Waals surface area contributed by atoms with Gasteiger partial charge in [0.25, 0.3) is 11.8 Å². The van der Waals surface area contributed by atoms with E-state index in [1.807, 2.05) is 12.2 Å². The van der Waals surface area contributed by atoms with Crippen LogP contribution in [0.2, 0.25) is 10.0 Å². The fraction of sp³-hybridized carbons (Fsp3) is 0.450. The van der Waals surface area contributed by atoms with E-state index in [9.17, 15) is 19.5 Å². The topological polar surface area (TPSA) is 83.5 Å². The Morgan fingerprint density at radius 2 is 1.81 bits per heavy atom. The minimum Gasteiger partial charge on any atom is -0.502 e. The van der Waals surface area contributed by atoms with Gasteiger partial charge in [-0.05, 0) is 30.4 Å². The van der Waals surface area contributed by atoms with Gasteiger partial charge in [-0.25, -0.2) is 0 Å². The molecule has 142 valence electrons. The number of rotatable bonds is 3. The zero-order valence-corrected chi connectivity index (χ0v) is 16.3. The van der Waals surface area contributed by atoms with E-state index in [0.29, 0.717) is 23.5 Å². The molecule has 2 aliphatic carbocycles. The molecule has 1 aromatic rings. The van der Waals surface area contributed by atoms with Crippen molar-refractivity contribution in [3.63, 3.8) is 0 Å². The Hall–Kier alpha value is -1.85. The molecule has 1 saturated carbocycles. The Balaban J connectivity index is 1.78. The second kappa shape index (κ2) is 6.35. The summed E-state index contributed by atoms with van der Waals surface area (Å²) in [6, 6.07) is 1.62. The molecule has 0 aromatic heterocycles. The summed E-state index contributed by atoms with van der Waals surface area (Å²) in [5.41, 5.74) is 0.534. The highest BCUT2D eigenvalue weighted by Gasteiger charge is 2.46. The van der Waals surface area contributed by atoms with Crippen LogP contribution in [0, 0.1) is 11.3 Å². The van der Waals surface area contributed by atoms with Crippen LogP contribution in [0.5, 0.6) is 0 Å². The van der Waals surface area contributed by atoms with Gasteiger partial charge in [0.05, 0.1) is 15.6 Å². The number of hydrogen-bond acceptors (Lipinski definition) is 4. The highest BCUT2D eigenvalue weighted by atomic mass is 35.5. The van der Waals surface area contributed by atoms with E-state index in [0.717, 1.165) is 19.3 Å². The Labute approximate surface area is 166 Å². The Morgan fingerprint density at radius 3 is 2.41 bits per heavy atom. The van der Waals surface area contributed by atoms with Gasteiger partial charge in [0.2, 0.25) is 0 Å². The van der Waals surface area contributed by atoms with Gasteiger partial charge >= 0.3 is 0 Å². The number of benzene rings is 1. The summed E-state index contributed by atoms with van der Waals surface area (Å²) >= 11 is 12.8. The SMILES string of the molecule is CC1(CC2CCCC2)Cc2cc(C3=C(O)C(=O)NC3=O)c(Cl)c(Cl)c2C1=O. The highest BCUT2D eigenvalue weighted by Crippen LogP contribution is 2.49. The van der Waals surface area contributed by atoms with Gasteiger partial charge in [-0.1, -0.05) is 55.8 Å².